The quantitative estimate of drug-likeness (QED) is 0.0320. The van der Waals surface area contributed by atoms with Crippen molar-refractivity contribution in [2.24, 2.45) is 0 Å². The van der Waals surface area contributed by atoms with Gasteiger partial charge in [-0.2, -0.15) is 0 Å². The number of allylic oxidation sites excluding steroid dienone is 5. The average Bonchev–Trinajstić information content (AvgIpc) is 3.42. The van der Waals surface area contributed by atoms with Gasteiger partial charge in [-0.25, -0.2) is 0 Å². The highest BCUT2D eigenvalue weighted by atomic mass is 16.5. The Morgan fingerprint density at radius 3 is 1.01 bits per heavy atom. The van der Waals surface area contributed by atoms with E-state index in [2.05, 4.69) is 43.5 Å². The minimum Gasteiger partial charge on any atom is -0.466 e. The normalized spacial score (nSPS) is 12.7. The first-order valence-corrected chi connectivity index (χ1v) is 34.3. The second-order valence-electron chi connectivity index (χ2n) is 23.5. The van der Waals surface area contributed by atoms with Crippen LogP contribution in [0.15, 0.2) is 36.5 Å². The molecule has 2 unspecified atom stereocenters. The van der Waals surface area contributed by atoms with Crippen molar-refractivity contribution in [2.45, 2.75) is 386 Å². The predicted octanol–water partition coefficient (Wildman–Crippen LogP) is 21.9. The lowest BCUT2D eigenvalue weighted by atomic mass is 10.0. The van der Waals surface area contributed by atoms with Gasteiger partial charge < -0.3 is 20.3 Å². The standard InChI is InChI=1S/C70H133NO5/c1-3-5-7-9-11-13-15-17-18-36-40-44-48-52-56-60-64-70(75)76-65-61-57-53-49-45-41-37-34-32-30-28-26-24-22-20-19-21-23-25-27-29-31-33-35-39-43-47-51-55-59-63-69(74)71-67(66-72)68(73)62-58-54-50-46-42-38-16-14-12-10-8-6-4-2/h13,15,18,36,58,62,67-68,72-73H,3-12,14,16-17,19-35,37-57,59-61,63-66H2,1-2H3,(H,71,74)/b15-13-,36-18-,62-58+. The molecule has 6 heteroatoms. The topological polar surface area (TPSA) is 95.9 Å². The molecule has 0 bridgehead atoms. The molecule has 0 saturated heterocycles. The number of ether oxygens (including phenoxy) is 1. The third kappa shape index (κ3) is 61.3. The van der Waals surface area contributed by atoms with Crippen LogP contribution in [0.4, 0.5) is 0 Å². The third-order valence-electron chi connectivity index (χ3n) is 15.9. The molecule has 0 aromatic heterocycles. The Balaban J connectivity index is 3.34. The summed E-state index contributed by atoms with van der Waals surface area (Å²) >= 11 is 0. The van der Waals surface area contributed by atoms with Crippen molar-refractivity contribution in [3.63, 3.8) is 0 Å². The van der Waals surface area contributed by atoms with Gasteiger partial charge in [0.05, 0.1) is 25.4 Å². The zero-order valence-corrected chi connectivity index (χ0v) is 51.3. The highest BCUT2D eigenvalue weighted by Gasteiger charge is 2.18. The molecule has 76 heavy (non-hydrogen) atoms. The number of hydrogen-bond acceptors (Lipinski definition) is 5. The van der Waals surface area contributed by atoms with E-state index >= 15 is 0 Å². The largest absolute Gasteiger partial charge is 0.466 e. The van der Waals surface area contributed by atoms with E-state index in [1.165, 1.54) is 295 Å². The molecule has 0 aliphatic heterocycles. The van der Waals surface area contributed by atoms with Crippen molar-refractivity contribution in [3.8, 4) is 0 Å². The molecule has 6 nitrogen and oxygen atoms in total. The van der Waals surface area contributed by atoms with E-state index in [9.17, 15) is 19.8 Å². The van der Waals surface area contributed by atoms with Gasteiger partial charge in [0, 0.05) is 12.8 Å². The van der Waals surface area contributed by atoms with E-state index in [1.807, 2.05) is 6.08 Å². The van der Waals surface area contributed by atoms with Gasteiger partial charge in [0.2, 0.25) is 5.91 Å². The molecule has 0 aliphatic rings. The van der Waals surface area contributed by atoms with Crippen molar-refractivity contribution < 1.29 is 24.5 Å². The fourth-order valence-corrected chi connectivity index (χ4v) is 10.7. The molecule has 0 rings (SSSR count). The number of carbonyl (C=O) groups is 2. The van der Waals surface area contributed by atoms with Gasteiger partial charge in [0.15, 0.2) is 0 Å². The number of hydrogen-bond donors (Lipinski definition) is 3. The number of rotatable bonds is 64. The lowest BCUT2D eigenvalue weighted by Crippen LogP contribution is -2.45. The molecule has 0 aromatic rings. The van der Waals surface area contributed by atoms with Crippen LogP contribution in [0.5, 0.6) is 0 Å². The fourth-order valence-electron chi connectivity index (χ4n) is 10.7. The van der Waals surface area contributed by atoms with Crippen molar-refractivity contribution in [1.29, 1.82) is 0 Å². The Bertz CT molecular complexity index is 1230. The Morgan fingerprint density at radius 2 is 0.658 bits per heavy atom. The van der Waals surface area contributed by atoms with Crippen LogP contribution in [0.25, 0.3) is 0 Å². The molecular formula is C70H133NO5. The number of esters is 1. The molecule has 0 radical (unpaired) electrons. The Labute approximate surface area is 474 Å². The molecule has 0 saturated carbocycles. The summed E-state index contributed by atoms with van der Waals surface area (Å²) in [6.07, 6.45) is 83.6. The second kappa shape index (κ2) is 65.6. The summed E-state index contributed by atoms with van der Waals surface area (Å²) in [4.78, 5) is 24.5. The van der Waals surface area contributed by atoms with Crippen LogP contribution in [-0.2, 0) is 14.3 Å². The first-order valence-electron chi connectivity index (χ1n) is 34.3. The van der Waals surface area contributed by atoms with Crippen molar-refractivity contribution in [3.05, 3.63) is 36.5 Å². The van der Waals surface area contributed by atoms with Crippen LogP contribution in [0.3, 0.4) is 0 Å². The highest BCUT2D eigenvalue weighted by molar-refractivity contribution is 5.76. The van der Waals surface area contributed by atoms with E-state index < -0.39 is 12.1 Å². The molecule has 0 fully saturated rings. The van der Waals surface area contributed by atoms with Crippen LogP contribution in [0, 0.1) is 0 Å². The predicted molar refractivity (Wildman–Crippen MR) is 333 cm³/mol. The zero-order valence-electron chi connectivity index (χ0n) is 51.3. The number of aliphatic hydroxyl groups is 2. The maximum absolute atomic E-state index is 12.5. The van der Waals surface area contributed by atoms with Gasteiger partial charge in [-0.05, 0) is 64.2 Å². The van der Waals surface area contributed by atoms with E-state index in [0.29, 0.717) is 19.4 Å². The molecule has 0 aromatic carbocycles. The monoisotopic (exact) mass is 1070 g/mol. The van der Waals surface area contributed by atoms with E-state index in [0.717, 1.165) is 51.4 Å². The van der Waals surface area contributed by atoms with E-state index in [1.54, 1.807) is 6.08 Å². The Kier molecular flexibility index (Phi) is 63.9. The summed E-state index contributed by atoms with van der Waals surface area (Å²) in [6, 6.07) is -0.624. The molecule has 1 amide bonds. The molecule has 0 spiro atoms. The molecule has 0 aliphatic carbocycles. The van der Waals surface area contributed by atoms with Crippen LogP contribution in [0.2, 0.25) is 0 Å². The van der Waals surface area contributed by atoms with Gasteiger partial charge in [-0.3, -0.25) is 9.59 Å². The van der Waals surface area contributed by atoms with Crippen LogP contribution in [0.1, 0.15) is 373 Å². The molecular weight excluding hydrogens is 935 g/mol. The number of aliphatic hydroxyl groups excluding tert-OH is 2. The summed E-state index contributed by atoms with van der Waals surface area (Å²) in [7, 11) is 0. The molecule has 0 heterocycles. The summed E-state index contributed by atoms with van der Waals surface area (Å²) in [5.41, 5.74) is 0. The van der Waals surface area contributed by atoms with Crippen LogP contribution >= 0.6 is 0 Å². The average molecular weight is 1070 g/mol. The fraction of sp³-hybridized carbons (Fsp3) is 0.886. The second-order valence-corrected chi connectivity index (χ2v) is 23.5. The molecule has 2 atom stereocenters. The third-order valence-corrected chi connectivity index (χ3v) is 15.9. The number of amides is 1. The summed E-state index contributed by atoms with van der Waals surface area (Å²) in [5.74, 6) is -0.0566. The Morgan fingerprint density at radius 1 is 0.368 bits per heavy atom. The Hall–Kier alpha value is -1.92. The number of unbranched alkanes of at least 4 members (excludes halogenated alkanes) is 49. The van der Waals surface area contributed by atoms with E-state index in [4.69, 9.17) is 4.74 Å². The maximum atomic E-state index is 12.5. The van der Waals surface area contributed by atoms with Crippen LogP contribution < -0.4 is 5.32 Å². The van der Waals surface area contributed by atoms with Crippen LogP contribution in [-0.4, -0.2) is 47.4 Å². The lowest BCUT2D eigenvalue weighted by molar-refractivity contribution is -0.143. The minimum absolute atomic E-state index is 0.00647. The first kappa shape index (κ1) is 74.1. The van der Waals surface area contributed by atoms with Crippen molar-refractivity contribution in [2.75, 3.05) is 13.2 Å². The van der Waals surface area contributed by atoms with E-state index in [-0.39, 0.29) is 18.5 Å². The SMILES string of the molecule is CCCCCC/C=C\C/C=C\CCCCCCCC(=O)OCCCCCCCCCCCCCCCCCCCCCCCCCCCCCCCCC(=O)NC(CO)C(O)/C=C/CCCCCCCCCCCCC. The smallest absolute Gasteiger partial charge is 0.305 e. The molecule has 448 valence electrons. The maximum Gasteiger partial charge on any atom is 0.305 e. The zero-order chi connectivity index (χ0) is 55.0. The summed E-state index contributed by atoms with van der Waals surface area (Å²) < 4.78 is 5.49. The minimum atomic E-state index is -0.841. The van der Waals surface area contributed by atoms with Crippen molar-refractivity contribution >= 4 is 11.9 Å². The molecule has 3 N–H and O–H groups in total. The highest BCUT2D eigenvalue weighted by Crippen LogP contribution is 2.18. The first-order chi connectivity index (χ1) is 37.5. The van der Waals surface area contributed by atoms with Gasteiger partial charge in [-0.1, -0.05) is 333 Å². The van der Waals surface area contributed by atoms with Gasteiger partial charge in [0.25, 0.3) is 0 Å². The lowest BCUT2D eigenvalue weighted by Gasteiger charge is -2.20. The number of nitrogens with one attached hydrogen (secondary N) is 1. The summed E-state index contributed by atoms with van der Waals surface area (Å²) in [5, 5.41) is 23.1. The number of carbonyl (C=O) groups excluding carboxylic acids is 2. The summed E-state index contributed by atoms with van der Waals surface area (Å²) in [6.45, 7) is 4.90. The van der Waals surface area contributed by atoms with Gasteiger partial charge in [-0.15, -0.1) is 0 Å². The van der Waals surface area contributed by atoms with Crippen molar-refractivity contribution in [1.82, 2.24) is 5.32 Å². The van der Waals surface area contributed by atoms with Gasteiger partial charge >= 0.3 is 5.97 Å². The van der Waals surface area contributed by atoms with Gasteiger partial charge in [0.1, 0.15) is 0 Å².